The Morgan fingerprint density at radius 3 is 2.29 bits per heavy atom. The molecular formula is C15H24N2. The molecule has 0 saturated carbocycles. The van der Waals surface area contributed by atoms with Gasteiger partial charge in [0.25, 0.3) is 0 Å². The zero-order chi connectivity index (χ0) is 12.1. The molecule has 0 amide bonds. The lowest BCUT2D eigenvalue weighted by Gasteiger charge is -2.20. The summed E-state index contributed by atoms with van der Waals surface area (Å²) >= 11 is 0. The number of aryl methyl sites for hydroxylation is 1. The van der Waals surface area contributed by atoms with E-state index in [2.05, 4.69) is 36.1 Å². The fraction of sp³-hybridized carbons (Fsp3) is 0.600. The van der Waals surface area contributed by atoms with Gasteiger partial charge in [0, 0.05) is 12.6 Å². The average molecular weight is 232 g/mol. The van der Waals surface area contributed by atoms with E-state index in [9.17, 15) is 0 Å². The molecular weight excluding hydrogens is 208 g/mol. The highest BCUT2D eigenvalue weighted by atomic mass is 15.1. The Kier molecular flexibility index (Phi) is 4.57. The Morgan fingerprint density at radius 1 is 1.12 bits per heavy atom. The van der Waals surface area contributed by atoms with Crippen molar-refractivity contribution in [3.05, 3.63) is 35.4 Å². The van der Waals surface area contributed by atoms with E-state index >= 15 is 0 Å². The summed E-state index contributed by atoms with van der Waals surface area (Å²) in [6, 6.07) is 9.17. The van der Waals surface area contributed by atoms with E-state index in [1.54, 1.807) is 0 Å². The second kappa shape index (κ2) is 6.18. The number of likely N-dealkylation sites (tertiary alicyclic amines) is 1. The van der Waals surface area contributed by atoms with E-state index in [1.165, 1.54) is 37.1 Å². The number of rotatable bonds is 5. The average Bonchev–Trinajstić information content (AvgIpc) is 2.82. The lowest BCUT2D eigenvalue weighted by molar-refractivity contribution is 0.313. The molecule has 1 aliphatic heterocycles. The molecule has 0 radical (unpaired) electrons. The predicted molar refractivity (Wildman–Crippen MR) is 73.2 cm³/mol. The van der Waals surface area contributed by atoms with Gasteiger partial charge in [0.15, 0.2) is 0 Å². The van der Waals surface area contributed by atoms with Crippen molar-refractivity contribution in [2.45, 2.75) is 38.6 Å². The van der Waals surface area contributed by atoms with Crippen LogP contribution in [0.25, 0.3) is 0 Å². The van der Waals surface area contributed by atoms with Crippen molar-refractivity contribution < 1.29 is 0 Å². The molecule has 1 fully saturated rings. The molecule has 0 spiro atoms. The second-order valence-corrected chi connectivity index (χ2v) is 5.14. The van der Waals surface area contributed by atoms with Crippen LogP contribution in [0.3, 0.4) is 0 Å². The molecule has 2 N–H and O–H groups in total. The first-order valence-electron chi connectivity index (χ1n) is 6.83. The van der Waals surface area contributed by atoms with Crippen LogP contribution < -0.4 is 5.73 Å². The molecule has 0 bridgehead atoms. The van der Waals surface area contributed by atoms with Gasteiger partial charge in [-0.2, -0.15) is 0 Å². The minimum absolute atomic E-state index is 0.278. The highest BCUT2D eigenvalue weighted by Gasteiger charge is 2.14. The molecule has 2 heteroatoms. The highest BCUT2D eigenvalue weighted by Crippen LogP contribution is 2.10. The lowest BCUT2D eigenvalue weighted by atomic mass is 10.0. The van der Waals surface area contributed by atoms with Crippen LogP contribution >= 0.6 is 0 Å². The zero-order valence-corrected chi connectivity index (χ0v) is 10.9. The molecule has 2 rings (SSSR count). The largest absolute Gasteiger partial charge is 0.326 e. The summed E-state index contributed by atoms with van der Waals surface area (Å²) in [6.45, 7) is 5.72. The third-order valence-corrected chi connectivity index (χ3v) is 3.62. The normalized spacial score (nSPS) is 18.5. The fourth-order valence-electron chi connectivity index (χ4n) is 2.58. The molecule has 0 aliphatic carbocycles. The molecule has 94 valence electrons. The molecule has 1 unspecified atom stereocenters. The maximum atomic E-state index is 6.21. The lowest BCUT2D eigenvalue weighted by Crippen LogP contribution is -2.37. The molecule has 0 aromatic heterocycles. The fourth-order valence-corrected chi connectivity index (χ4v) is 2.58. The minimum atomic E-state index is 0.278. The predicted octanol–water partition coefficient (Wildman–Crippen LogP) is 2.21. The third kappa shape index (κ3) is 3.83. The standard InChI is InChI=1S/C15H24N2/c1-2-13-5-7-14(8-6-13)11-15(16)12-17-9-3-4-10-17/h5-8,15H,2-4,9-12,16H2,1H3. The van der Waals surface area contributed by atoms with Crippen molar-refractivity contribution in [1.82, 2.24) is 4.90 Å². The summed E-state index contributed by atoms with van der Waals surface area (Å²) in [4.78, 5) is 2.49. The van der Waals surface area contributed by atoms with E-state index in [-0.39, 0.29) is 6.04 Å². The van der Waals surface area contributed by atoms with Crippen LogP contribution in [-0.4, -0.2) is 30.6 Å². The molecule has 17 heavy (non-hydrogen) atoms. The van der Waals surface area contributed by atoms with Gasteiger partial charge < -0.3 is 10.6 Å². The zero-order valence-electron chi connectivity index (χ0n) is 10.9. The quantitative estimate of drug-likeness (QED) is 0.843. The Labute approximate surface area is 105 Å². The van der Waals surface area contributed by atoms with Gasteiger partial charge in [-0.05, 0) is 49.9 Å². The third-order valence-electron chi connectivity index (χ3n) is 3.62. The Morgan fingerprint density at radius 2 is 1.71 bits per heavy atom. The Hall–Kier alpha value is -0.860. The molecule has 1 atom stereocenters. The number of hydrogen-bond acceptors (Lipinski definition) is 2. The highest BCUT2D eigenvalue weighted by molar-refractivity contribution is 5.23. The maximum absolute atomic E-state index is 6.21. The van der Waals surface area contributed by atoms with Crippen molar-refractivity contribution in [3.63, 3.8) is 0 Å². The van der Waals surface area contributed by atoms with E-state index in [0.717, 1.165) is 19.4 Å². The summed E-state index contributed by atoms with van der Waals surface area (Å²) in [6.07, 6.45) is 4.80. The summed E-state index contributed by atoms with van der Waals surface area (Å²) in [7, 11) is 0. The van der Waals surface area contributed by atoms with Gasteiger partial charge in [0.1, 0.15) is 0 Å². The molecule has 1 aromatic carbocycles. The smallest absolute Gasteiger partial charge is 0.0208 e. The maximum Gasteiger partial charge on any atom is 0.0208 e. The van der Waals surface area contributed by atoms with E-state index in [1.807, 2.05) is 0 Å². The topological polar surface area (TPSA) is 29.3 Å². The van der Waals surface area contributed by atoms with Gasteiger partial charge in [-0.1, -0.05) is 31.2 Å². The number of nitrogens with two attached hydrogens (primary N) is 1. The first-order valence-corrected chi connectivity index (χ1v) is 6.83. The van der Waals surface area contributed by atoms with Gasteiger partial charge >= 0.3 is 0 Å². The van der Waals surface area contributed by atoms with Crippen LogP contribution in [0.1, 0.15) is 30.9 Å². The number of hydrogen-bond donors (Lipinski definition) is 1. The van der Waals surface area contributed by atoms with Gasteiger partial charge in [-0.3, -0.25) is 0 Å². The van der Waals surface area contributed by atoms with Crippen LogP contribution in [0.2, 0.25) is 0 Å². The summed E-state index contributed by atoms with van der Waals surface area (Å²) in [5, 5.41) is 0. The van der Waals surface area contributed by atoms with Gasteiger partial charge in [-0.15, -0.1) is 0 Å². The first-order chi connectivity index (χ1) is 8.28. The minimum Gasteiger partial charge on any atom is -0.326 e. The van der Waals surface area contributed by atoms with E-state index in [4.69, 9.17) is 5.73 Å². The van der Waals surface area contributed by atoms with Crippen LogP contribution in [0.5, 0.6) is 0 Å². The SMILES string of the molecule is CCc1ccc(CC(N)CN2CCCC2)cc1. The number of nitrogens with zero attached hydrogens (tertiary/aromatic N) is 1. The van der Waals surface area contributed by atoms with Crippen molar-refractivity contribution >= 4 is 0 Å². The molecule has 2 nitrogen and oxygen atoms in total. The van der Waals surface area contributed by atoms with Gasteiger partial charge in [0.05, 0.1) is 0 Å². The summed E-state index contributed by atoms with van der Waals surface area (Å²) < 4.78 is 0. The summed E-state index contributed by atoms with van der Waals surface area (Å²) in [5.74, 6) is 0. The number of benzene rings is 1. The van der Waals surface area contributed by atoms with E-state index < -0.39 is 0 Å². The van der Waals surface area contributed by atoms with Gasteiger partial charge in [0.2, 0.25) is 0 Å². The first kappa shape index (κ1) is 12.6. The second-order valence-electron chi connectivity index (χ2n) is 5.14. The van der Waals surface area contributed by atoms with Crippen molar-refractivity contribution in [2.24, 2.45) is 5.73 Å². The van der Waals surface area contributed by atoms with Crippen LogP contribution in [0.15, 0.2) is 24.3 Å². The molecule has 1 aliphatic rings. The molecule has 1 heterocycles. The Balaban J connectivity index is 1.81. The van der Waals surface area contributed by atoms with Crippen molar-refractivity contribution in [1.29, 1.82) is 0 Å². The van der Waals surface area contributed by atoms with Gasteiger partial charge in [-0.25, -0.2) is 0 Å². The van der Waals surface area contributed by atoms with Crippen LogP contribution in [0.4, 0.5) is 0 Å². The molecule has 1 saturated heterocycles. The summed E-state index contributed by atoms with van der Waals surface area (Å²) in [5.41, 5.74) is 8.99. The molecule has 1 aromatic rings. The van der Waals surface area contributed by atoms with Crippen LogP contribution in [-0.2, 0) is 12.8 Å². The van der Waals surface area contributed by atoms with Crippen LogP contribution in [0, 0.1) is 0 Å². The van der Waals surface area contributed by atoms with E-state index in [0.29, 0.717) is 0 Å². The monoisotopic (exact) mass is 232 g/mol. The van der Waals surface area contributed by atoms with Crippen molar-refractivity contribution in [3.8, 4) is 0 Å². The Bertz CT molecular complexity index is 325. The van der Waals surface area contributed by atoms with Crippen molar-refractivity contribution in [2.75, 3.05) is 19.6 Å².